The number of hydrogen-bond acceptors (Lipinski definition) is 2. The lowest BCUT2D eigenvalue weighted by atomic mass is 9.94. The Kier molecular flexibility index (Phi) is 7.03. The zero-order valence-corrected chi connectivity index (χ0v) is 12.9. The zero-order valence-electron chi connectivity index (χ0n) is 12.1. The molecule has 2 atom stereocenters. The summed E-state index contributed by atoms with van der Waals surface area (Å²) < 4.78 is 0. The summed E-state index contributed by atoms with van der Waals surface area (Å²) in [5.41, 5.74) is 6.98. The van der Waals surface area contributed by atoms with Crippen LogP contribution in [0.5, 0.6) is 0 Å². The summed E-state index contributed by atoms with van der Waals surface area (Å²) in [6, 6.07) is 10.2. The van der Waals surface area contributed by atoms with Crippen LogP contribution in [0.3, 0.4) is 0 Å². The Hall–Kier alpha value is -1.06. The topological polar surface area (TPSA) is 46.3 Å². The van der Waals surface area contributed by atoms with Crippen molar-refractivity contribution in [1.29, 1.82) is 0 Å². The highest BCUT2D eigenvalue weighted by Gasteiger charge is 2.34. The molecule has 1 fully saturated rings. The third-order valence-corrected chi connectivity index (χ3v) is 4.19. The molecular weight excluding hydrogens is 272 g/mol. The molecule has 112 valence electrons. The molecule has 2 N–H and O–H groups in total. The van der Waals surface area contributed by atoms with Gasteiger partial charge in [-0.1, -0.05) is 36.8 Å². The molecule has 3 nitrogen and oxygen atoms in total. The van der Waals surface area contributed by atoms with Gasteiger partial charge in [-0.25, -0.2) is 0 Å². The van der Waals surface area contributed by atoms with Crippen LogP contribution >= 0.6 is 12.4 Å². The molecular formula is C16H25ClN2O. The van der Waals surface area contributed by atoms with Gasteiger partial charge in [0.1, 0.15) is 0 Å². The first-order valence-electron chi connectivity index (χ1n) is 7.29. The van der Waals surface area contributed by atoms with E-state index in [9.17, 15) is 4.79 Å². The van der Waals surface area contributed by atoms with Crippen LogP contribution in [-0.4, -0.2) is 23.9 Å². The van der Waals surface area contributed by atoms with E-state index >= 15 is 0 Å². The molecule has 0 bridgehead atoms. The summed E-state index contributed by atoms with van der Waals surface area (Å²) in [6.07, 6.45) is 3.25. The van der Waals surface area contributed by atoms with Crippen LogP contribution in [0, 0.1) is 11.8 Å². The standard InChI is InChI=1S/C16H24N2O.ClH/c1-2-18(12-13-7-4-3-5-8-13)16(19)15-10-6-9-14(15)11-17;/h3-5,7-8,14-15H,2,6,9-12,17H2,1H3;1H/t14-,15-;/m1./s1. The van der Waals surface area contributed by atoms with Crippen LogP contribution in [0.2, 0.25) is 0 Å². The number of rotatable bonds is 5. The number of amides is 1. The number of halogens is 1. The van der Waals surface area contributed by atoms with Gasteiger partial charge in [-0.05, 0) is 37.8 Å². The first-order chi connectivity index (χ1) is 9.26. The Morgan fingerprint density at radius 3 is 2.60 bits per heavy atom. The van der Waals surface area contributed by atoms with E-state index < -0.39 is 0 Å². The molecule has 20 heavy (non-hydrogen) atoms. The molecule has 1 aliphatic rings. The Morgan fingerprint density at radius 1 is 1.30 bits per heavy atom. The molecule has 1 aromatic carbocycles. The molecule has 2 rings (SSSR count). The predicted molar refractivity (Wildman–Crippen MR) is 84.7 cm³/mol. The van der Waals surface area contributed by atoms with Crippen LogP contribution in [0.15, 0.2) is 30.3 Å². The monoisotopic (exact) mass is 296 g/mol. The lowest BCUT2D eigenvalue weighted by Crippen LogP contribution is -2.38. The Labute approximate surface area is 127 Å². The summed E-state index contributed by atoms with van der Waals surface area (Å²) in [4.78, 5) is 14.6. The quantitative estimate of drug-likeness (QED) is 0.908. The fraction of sp³-hybridized carbons (Fsp3) is 0.562. The summed E-state index contributed by atoms with van der Waals surface area (Å²) in [5, 5.41) is 0. The fourth-order valence-corrected chi connectivity index (χ4v) is 3.03. The van der Waals surface area contributed by atoms with Crippen molar-refractivity contribution in [2.45, 2.75) is 32.7 Å². The Balaban J connectivity index is 0.00000200. The van der Waals surface area contributed by atoms with E-state index in [-0.39, 0.29) is 18.3 Å². The maximum absolute atomic E-state index is 12.6. The molecule has 0 aliphatic heterocycles. The van der Waals surface area contributed by atoms with Gasteiger partial charge in [0.05, 0.1) is 0 Å². The number of carbonyl (C=O) groups excluding carboxylic acids is 1. The van der Waals surface area contributed by atoms with Crippen LogP contribution in [0.4, 0.5) is 0 Å². The highest BCUT2D eigenvalue weighted by molar-refractivity contribution is 5.85. The Morgan fingerprint density at radius 2 is 2.00 bits per heavy atom. The first-order valence-corrected chi connectivity index (χ1v) is 7.29. The number of nitrogens with two attached hydrogens (primary N) is 1. The fourth-order valence-electron chi connectivity index (χ4n) is 3.03. The van der Waals surface area contributed by atoms with E-state index in [4.69, 9.17) is 5.73 Å². The maximum Gasteiger partial charge on any atom is 0.226 e. The lowest BCUT2D eigenvalue weighted by Gasteiger charge is -2.27. The van der Waals surface area contributed by atoms with Gasteiger partial charge in [0.25, 0.3) is 0 Å². The zero-order chi connectivity index (χ0) is 13.7. The second-order valence-corrected chi connectivity index (χ2v) is 5.37. The van der Waals surface area contributed by atoms with E-state index in [1.54, 1.807) is 0 Å². The number of carbonyl (C=O) groups is 1. The van der Waals surface area contributed by atoms with Gasteiger partial charge in [-0.2, -0.15) is 0 Å². The molecule has 1 saturated carbocycles. The van der Waals surface area contributed by atoms with Crippen molar-refractivity contribution in [1.82, 2.24) is 4.90 Å². The molecule has 0 radical (unpaired) electrons. The largest absolute Gasteiger partial charge is 0.338 e. The van der Waals surface area contributed by atoms with Gasteiger partial charge < -0.3 is 10.6 Å². The van der Waals surface area contributed by atoms with Gasteiger partial charge in [-0.3, -0.25) is 4.79 Å². The Bertz CT molecular complexity index is 410. The van der Waals surface area contributed by atoms with E-state index in [0.29, 0.717) is 24.9 Å². The van der Waals surface area contributed by atoms with Gasteiger partial charge in [0, 0.05) is 19.0 Å². The summed E-state index contributed by atoms with van der Waals surface area (Å²) >= 11 is 0. The second kappa shape index (κ2) is 8.28. The van der Waals surface area contributed by atoms with Crippen LogP contribution in [0.1, 0.15) is 31.7 Å². The van der Waals surface area contributed by atoms with Gasteiger partial charge in [0.15, 0.2) is 0 Å². The van der Waals surface area contributed by atoms with Gasteiger partial charge in [0.2, 0.25) is 5.91 Å². The van der Waals surface area contributed by atoms with E-state index in [2.05, 4.69) is 12.1 Å². The summed E-state index contributed by atoms with van der Waals surface area (Å²) in [7, 11) is 0. The van der Waals surface area contributed by atoms with Crippen molar-refractivity contribution in [3.63, 3.8) is 0 Å². The molecule has 0 heterocycles. The minimum atomic E-state index is 0. The van der Waals surface area contributed by atoms with Crippen LogP contribution in [0.25, 0.3) is 0 Å². The van der Waals surface area contributed by atoms with Gasteiger partial charge in [-0.15, -0.1) is 12.4 Å². The minimum absolute atomic E-state index is 0. The molecule has 4 heteroatoms. The van der Waals surface area contributed by atoms with E-state index in [1.807, 2.05) is 30.0 Å². The van der Waals surface area contributed by atoms with Crippen molar-refractivity contribution >= 4 is 18.3 Å². The SMILES string of the molecule is CCN(Cc1ccccc1)C(=O)[C@@H]1CCC[C@@H]1CN.Cl. The molecule has 1 aliphatic carbocycles. The molecule has 0 aromatic heterocycles. The predicted octanol–water partition coefficient (Wildman–Crippen LogP) is 2.83. The van der Waals surface area contributed by atoms with Crippen molar-refractivity contribution in [2.75, 3.05) is 13.1 Å². The number of nitrogens with zero attached hydrogens (tertiary/aromatic N) is 1. The van der Waals surface area contributed by atoms with Crippen molar-refractivity contribution in [2.24, 2.45) is 17.6 Å². The molecule has 0 unspecified atom stereocenters. The summed E-state index contributed by atoms with van der Waals surface area (Å²) in [6.45, 7) is 4.16. The first kappa shape index (κ1) is 17.0. The second-order valence-electron chi connectivity index (χ2n) is 5.37. The van der Waals surface area contributed by atoms with Crippen LogP contribution in [-0.2, 0) is 11.3 Å². The maximum atomic E-state index is 12.6. The third-order valence-electron chi connectivity index (χ3n) is 4.19. The highest BCUT2D eigenvalue weighted by atomic mass is 35.5. The molecule has 0 spiro atoms. The highest BCUT2D eigenvalue weighted by Crippen LogP contribution is 2.32. The van der Waals surface area contributed by atoms with Gasteiger partial charge >= 0.3 is 0 Å². The van der Waals surface area contributed by atoms with Crippen molar-refractivity contribution in [3.05, 3.63) is 35.9 Å². The normalized spacial score (nSPS) is 21.3. The molecule has 1 amide bonds. The molecule has 1 aromatic rings. The number of benzene rings is 1. The summed E-state index contributed by atoms with van der Waals surface area (Å²) in [5.74, 6) is 0.824. The van der Waals surface area contributed by atoms with E-state index in [0.717, 1.165) is 25.8 Å². The minimum Gasteiger partial charge on any atom is -0.338 e. The number of hydrogen-bond donors (Lipinski definition) is 1. The van der Waals surface area contributed by atoms with Crippen LogP contribution < -0.4 is 5.73 Å². The molecule has 0 saturated heterocycles. The average molecular weight is 297 g/mol. The van der Waals surface area contributed by atoms with E-state index in [1.165, 1.54) is 5.56 Å². The van der Waals surface area contributed by atoms with Crippen molar-refractivity contribution in [3.8, 4) is 0 Å². The average Bonchev–Trinajstić information content (AvgIpc) is 2.93. The lowest BCUT2D eigenvalue weighted by molar-refractivity contribution is -0.137. The van der Waals surface area contributed by atoms with Crippen molar-refractivity contribution < 1.29 is 4.79 Å². The smallest absolute Gasteiger partial charge is 0.226 e. The third kappa shape index (κ3) is 3.97.